The van der Waals surface area contributed by atoms with E-state index in [1.807, 2.05) is 31.2 Å². The van der Waals surface area contributed by atoms with Crippen LogP contribution in [0.25, 0.3) is 0 Å². The van der Waals surface area contributed by atoms with E-state index in [0.29, 0.717) is 12.3 Å². The van der Waals surface area contributed by atoms with Crippen LogP contribution in [-0.4, -0.2) is 12.0 Å². The monoisotopic (exact) mass is 309 g/mol. The first-order chi connectivity index (χ1) is 11.0. The standard InChI is InChI=1S/C20H23NO2/c1-13(2)15-8-10-16(11-9-15)14(3)21-20(22)19-12-17-6-4-5-7-18(17)23-19/h4-11,13-14,19H,12H2,1-3H3,(H,21,22). The minimum absolute atomic E-state index is 0.0315. The summed E-state index contributed by atoms with van der Waals surface area (Å²) < 4.78 is 5.74. The minimum atomic E-state index is -0.426. The number of hydrogen-bond acceptors (Lipinski definition) is 2. The molecule has 2 aromatic carbocycles. The highest BCUT2D eigenvalue weighted by atomic mass is 16.5. The maximum Gasteiger partial charge on any atom is 0.261 e. The summed E-state index contributed by atoms with van der Waals surface area (Å²) in [6.07, 6.45) is 0.214. The maximum atomic E-state index is 12.4. The Balaban J connectivity index is 1.62. The first-order valence-corrected chi connectivity index (χ1v) is 8.19. The number of nitrogens with one attached hydrogen (secondary N) is 1. The number of fused-ring (bicyclic) bond motifs is 1. The van der Waals surface area contributed by atoms with Crippen molar-refractivity contribution in [1.82, 2.24) is 5.32 Å². The summed E-state index contributed by atoms with van der Waals surface area (Å²) in [6.45, 7) is 6.36. The highest BCUT2D eigenvalue weighted by Gasteiger charge is 2.29. The number of amides is 1. The van der Waals surface area contributed by atoms with Gasteiger partial charge < -0.3 is 10.1 Å². The molecule has 1 amide bonds. The van der Waals surface area contributed by atoms with Gasteiger partial charge in [-0.2, -0.15) is 0 Å². The van der Waals surface area contributed by atoms with Crippen molar-refractivity contribution in [2.24, 2.45) is 0 Å². The first kappa shape index (κ1) is 15.6. The van der Waals surface area contributed by atoms with Crippen LogP contribution in [0, 0.1) is 0 Å². The average Bonchev–Trinajstić information content (AvgIpc) is 2.99. The summed E-state index contributed by atoms with van der Waals surface area (Å²) in [7, 11) is 0. The molecule has 0 aliphatic carbocycles. The van der Waals surface area contributed by atoms with Gasteiger partial charge in [0.25, 0.3) is 5.91 Å². The van der Waals surface area contributed by atoms with Crippen molar-refractivity contribution in [2.75, 3.05) is 0 Å². The van der Waals surface area contributed by atoms with Crippen LogP contribution in [0.15, 0.2) is 48.5 Å². The van der Waals surface area contributed by atoms with Gasteiger partial charge in [-0.15, -0.1) is 0 Å². The first-order valence-electron chi connectivity index (χ1n) is 8.19. The van der Waals surface area contributed by atoms with E-state index in [0.717, 1.165) is 16.9 Å². The number of ether oxygens (including phenoxy) is 1. The van der Waals surface area contributed by atoms with Gasteiger partial charge in [0, 0.05) is 6.42 Å². The van der Waals surface area contributed by atoms with Gasteiger partial charge in [0.2, 0.25) is 0 Å². The zero-order valence-electron chi connectivity index (χ0n) is 13.9. The molecule has 1 aliphatic rings. The van der Waals surface area contributed by atoms with Gasteiger partial charge >= 0.3 is 0 Å². The molecule has 2 unspecified atom stereocenters. The summed E-state index contributed by atoms with van der Waals surface area (Å²) >= 11 is 0. The van der Waals surface area contributed by atoms with Crippen LogP contribution in [0.5, 0.6) is 5.75 Å². The van der Waals surface area contributed by atoms with E-state index in [9.17, 15) is 4.79 Å². The topological polar surface area (TPSA) is 38.3 Å². The van der Waals surface area contributed by atoms with E-state index in [1.165, 1.54) is 5.56 Å². The van der Waals surface area contributed by atoms with E-state index in [4.69, 9.17) is 4.74 Å². The SMILES string of the molecule is CC(C)c1ccc(C(C)NC(=O)C2Cc3ccccc3O2)cc1. The Morgan fingerprint density at radius 1 is 1.04 bits per heavy atom. The predicted molar refractivity (Wildman–Crippen MR) is 91.7 cm³/mol. The molecule has 0 spiro atoms. The normalized spacial score (nSPS) is 17.5. The Kier molecular flexibility index (Phi) is 4.37. The molecule has 1 aliphatic heterocycles. The number of hydrogen-bond donors (Lipinski definition) is 1. The molecule has 0 saturated carbocycles. The number of para-hydroxylation sites is 1. The molecule has 0 fully saturated rings. The second-order valence-corrected chi connectivity index (χ2v) is 6.47. The van der Waals surface area contributed by atoms with Crippen molar-refractivity contribution < 1.29 is 9.53 Å². The Morgan fingerprint density at radius 3 is 2.35 bits per heavy atom. The lowest BCUT2D eigenvalue weighted by Crippen LogP contribution is -2.38. The van der Waals surface area contributed by atoms with Crippen molar-refractivity contribution in [3.63, 3.8) is 0 Å². The van der Waals surface area contributed by atoms with Crippen LogP contribution in [0.4, 0.5) is 0 Å². The molecule has 3 heteroatoms. The Labute approximate surface area is 137 Å². The Bertz CT molecular complexity index is 666. The molecule has 3 rings (SSSR count). The van der Waals surface area contributed by atoms with E-state index in [-0.39, 0.29) is 11.9 Å². The van der Waals surface area contributed by atoms with Gasteiger partial charge in [0.1, 0.15) is 5.75 Å². The average molecular weight is 309 g/mol. The molecule has 2 aromatic rings. The van der Waals surface area contributed by atoms with Gasteiger partial charge in [-0.3, -0.25) is 4.79 Å². The molecule has 0 aromatic heterocycles. The van der Waals surface area contributed by atoms with E-state index in [1.54, 1.807) is 0 Å². The molecule has 0 radical (unpaired) electrons. The van der Waals surface area contributed by atoms with E-state index >= 15 is 0 Å². The molecule has 3 nitrogen and oxygen atoms in total. The lowest BCUT2D eigenvalue weighted by atomic mass is 9.99. The van der Waals surface area contributed by atoms with Crippen molar-refractivity contribution in [3.05, 3.63) is 65.2 Å². The van der Waals surface area contributed by atoms with Crippen molar-refractivity contribution in [3.8, 4) is 5.75 Å². The quantitative estimate of drug-likeness (QED) is 0.927. The molecule has 0 saturated heterocycles. The Hall–Kier alpha value is -2.29. The molecule has 120 valence electrons. The fraction of sp³-hybridized carbons (Fsp3) is 0.350. The van der Waals surface area contributed by atoms with Crippen molar-refractivity contribution >= 4 is 5.91 Å². The highest BCUT2D eigenvalue weighted by Crippen LogP contribution is 2.28. The lowest BCUT2D eigenvalue weighted by molar-refractivity contribution is -0.127. The number of rotatable bonds is 4. The zero-order chi connectivity index (χ0) is 16.4. The maximum absolute atomic E-state index is 12.4. The third-order valence-corrected chi connectivity index (χ3v) is 4.40. The van der Waals surface area contributed by atoms with E-state index in [2.05, 4.69) is 43.4 Å². The van der Waals surface area contributed by atoms with Crippen LogP contribution >= 0.6 is 0 Å². The summed E-state index contributed by atoms with van der Waals surface area (Å²) in [5.41, 5.74) is 3.52. The molecular weight excluding hydrogens is 286 g/mol. The summed E-state index contributed by atoms with van der Waals surface area (Å²) in [6, 6.07) is 16.2. The van der Waals surface area contributed by atoms with Crippen LogP contribution < -0.4 is 10.1 Å². The lowest BCUT2D eigenvalue weighted by Gasteiger charge is -2.18. The van der Waals surface area contributed by atoms with Crippen LogP contribution in [0.3, 0.4) is 0 Å². The van der Waals surface area contributed by atoms with E-state index < -0.39 is 6.10 Å². The number of carbonyl (C=O) groups excluding carboxylic acids is 1. The highest BCUT2D eigenvalue weighted by molar-refractivity contribution is 5.82. The number of carbonyl (C=O) groups is 1. The van der Waals surface area contributed by atoms with Gasteiger partial charge in [-0.05, 0) is 35.6 Å². The van der Waals surface area contributed by atoms with Crippen LogP contribution in [0.2, 0.25) is 0 Å². The number of benzene rings is 2. The smallest absolute Gasteiger partial charge is 0.261 e. The third kappa shape index (κ3) is 3.39. The van der Waals surface area contributed by atoms with Gasteiger partial charge in [0.05, 0.1) is 6.04 Å². The van der Waals surface area contributed by atoms with Gasteiger partial charge in [0.15, 0.2) is 6.10 Å². The summed E-state index contributed by atoms with van der Waals surface area (Å²) in [5.74, 6) is 1.28. The van der Waals surface area contributed by atoms with Crippen LogP contribution in [-0.2, 0) is 11.2 Å². The molecule has 1 heterocycles. The van der Waals surface area contributed by atoms with Crippen LogP contribution in [0.1, 0.15) is 49.4 Å². The fourth-order valence-electron chi connectivity index (χ4n) is 2.89. The van der Waals surface area contributed by atoms with Gasteiger partial charge in [-0.1, -0.05) is 56.3 Å². The molecule has 1 N–H and O–H groups in total. The fourth-order valence-corrected chi connectivity index (χ4v) is 2.89. The van der Waals surface area contributed by atoms with Gasteiger partial charge in [-0.25, -0.2) is 0 Å². The second kappa shape index (κ2) is 6.45. The summed E-state index contributed by atoms with van der Waals surface area (Å²) in [4.78, 5) is 12.4. The predicted octanol–water partition coefficient (Wildman–Crippen LogP) is 3.99. The van der Waals surface area contributed by atoms with Crippen molar-refractivity contribution in [2.45, 2.75) is 45.3 Å². The second-order valence-electron chi connectivity index (χ2n) is 6.47. The zero-order valence-corrected chi connectivity index (χ0v) is 13.9. The largest absolute Gasteiger partial charge is 0.480 e. The summed E-state index contributed by atoms with van der Waals surface area (Å²) in [5, 5.41) is 3.06. The third-order valence-electron chi connectivity index (χ3n) is 4.40. The molecular formula is C20H23NO2. The molecule has 23 heavy (non-hydrogen) atoms. The van der Waals surface area contributed by atoms with Crippen molar-refractivity contribution in [1.29, 1.82) is 0 Å². The Morgan fingerprint density at radius 2 is 1.70 bits per heavy atom. The molecule has 0 bridgehead atoms. The molecule has 2 atom stereocenters. The minimum Gasteiger partial charge on any atom is -0.480 e.